The lowest BCUT2D eigenvalue weighted by Gasteiger charge is -2.32. The first kappa shape index (κ1) is 22.9. The molecule has 0 bridgehead atoms. The molecule has 1 atom stereocenters. The molecule has 33 heavy (non-hydrogen) atoms. The monoisotopic (exact) mass is 447 g/mol. The number of hydrogen-bond donors (Lipinski definition) is 0. The summed E-state index contributed by atoms with van der Waals surface area (Å²) in [7, 11) is 1.65. The van der Waals surface area contributed by atoms with Crippen molar-refractivity contribution in [3.8, 4) is 11.5 Å². The van der Waals surface area contributed by atoms with Crippen LogP contribution in [0.15, 0.2) is 48.5 Å². The highest BCUT2D eigenvalue weighted by molar-refractivity contribution is 5.81. The number of para-hydroxylation sites is 2. The highest BCUT2D eigenvalue weighted by atomic mass is 16.5. The van der Waals surface area contributed by atoms with E-state index in [0.717, 1.165) is 22.4 Å². The van der Waals surface area contributed by atoms with Crippen molar-refractivity contribution in [1.29, 1.82) is 0 Å². The van der Waals surface area contributed by atoms with Gasteiger partial charge in [0.05, 0.1) is 24.7 Å². The largest absolute Gasteiger partial charge is 0.493 e. The first-order chi connectivity index (χ1) is 15.8. The van der Waals surface area contributed by atoms with Gasteiger partial charge in [0.25, 0.3) is 0 Å². The molecule has 6 nitrogen and oxygen atoms in total. The quantitative estimate of drug-likeness (QED) is 0.495. The number of hydrogen-bond acceptors (Lipinski definition) is 4. The summed E-state index contributed by atoms with van der Waals surface area (Å²) >= 11 is 0. The molecule has 0 spiro atoms. The fourth-order valence-corrected chi connectivity index (χ4v) is 4.52. The average molecular weight is 448 g/mol. The Morgan fingerprint density at radius 2 is 1.94 bits per heavy atom. The molecule has 2 aromatic carbocycles. The number of methoxy groups -OCH3 is 1. The molecule has 1 aliphatic heterocycles. The van der Waals surface area contributed by atoms with Crippen LogP contribution in [0.2, 0.25) is 0 Å². The fraction of sp³-hybridized carbons (Fsp3) is 0.407. The molecule has 1 aromatic heterocycles. The number of carbonyl (C=O) groups is 1. The Balaban J connectivity index is 1.57. The molecule has 1 fully saturated rings. The van der Waals surface area contributed by atoms with Crippen LogP contribution in [-0.4, -0.2) is 46.2 Å². The normalized spacial score (nSPS) is 16.8. The summed E-state index contributed by atoms with van der Waals surface area (Å²) in [6, 6.07) is 14.1. The standard InChI is InChI=1S/C27H33N3O3/c1-6-9-19-12-13-23(24(16-19)32-5)33-15-14-29-22-11-8-7-10-21(22)28-26(29)20-17-25(31)30(18-20)27(2,3)4/h6-13,16,20H,14-15,17-18H2,1-5H3/b9-6+. The first-order valence-electron chi connectivity index (χ1n) is 11.5. The number of carbonyl (C=O) groups excluding carboxylic acids is 1. The zero-order chi connectivity index (χ0) is 23.6. The number of amides is 1. The van der Waals surface area contributed by atoms with Crippen molar-refractivity contribution in [3.05, 3.63) is 59.9 Å². The van der Waals surface area contributed by atoms with Gasteiger partial charge in [-0.2, -0.15) is 0 Å². The number of allylic oxidation sites excluding steroid dienone is 1. The summed E-state index contributed by atoms with van der Waals surface area (Å²) < 4.78 is 13.9. The van der Waals surface area contributed by atoms with Crippen LogP contribution in [0.3, 0.4) is 0 Å². The minimum absolute atomic E-state index is 0.0683. The van der Waals surface area contributed by atoms with Crippen molar-refractivity contribution in [2.45, 2.75) is 52.1 Å². The number of benzene rings is 2. The maximum atomic E-state index is 12.7. The van der Waals surface area contributed by atoms with Crippen molar-refractivity contribution < 1.29 is 14.3 Å². The third-order valence-electron chi connectivity index (χ3n) is 6.10. The summed E-state index contributed by atoms with van der Waals surface area (Å²) in [6.07, 6.45) is 4.51. The molecule has 3 aromatic rings. The van der Waals surface area contributed by atoms with Gasteiger partial charge in [-0.3, -0.25) is 4.79 Å². The SMILES string of the molecule is C/C=C/c1ccc(OCCn2c(C3CC(=O)N(C(C)(C)C)C3)nc3ccccc32)c(OC)c1. The summed E-state index contributed by atoms with van der Waals surface area (Å²) in [5.41, 5.74) is 2.89. The van der Waals surface area contributed by atoms with Gasteiger partial charge in [-0.25, -0.2) is 4.98 Å². The lowest BCUT2D eigenvalue weighted by molar-refractivity contribution is -0.131. The van der Waals surface area contributed by atoms with Crippen LogP contribution in [-0.2, 0) is 11.3 Å². The fourth-order valence-electron chi connectivity index (χ4n) is 4.52. The van der Waals surface area contributed by atoms with Crippen LogP contribution in [0.4, 0.5) is 0 Å². The van der Waals surface area contributed by atoms with Gasteiger partial charge in [0, 0.05) is 24.4 Å². The van der Waals surface area contributed by atoms with E-state index >= 15 is 0 Å². The Hall–Kier alpha value is -3.28. The average Bonchev–Trinajstić information content (AvgIpc) is 3.35. The van der Waals surface area contributed by atoms with Crippen molar-refractivity contribution in [2.24, 2.45) is 0 Å². The number of nitrogens with zero attached hydrogens (tertiary/aromatic N) is 3. The molecule has 174 valence electrons. The highest BCUT2D eigenvalue weighted by Gasteiger charge is 2.39. The van der Waals surface area contributed by atoms with Crippen LogP contribution >= 0.6 is 0 Å². The van der Waals surface area contributed by atoms with Crippen LogP contribution < -0.4 is 9.47 Å². The van der Waals surface area contributed by atoms with E-state index in [2.05, 4.69) is 31.4 Å². The van der Waals surface area contributed by atoms with E-state index in [1.54, 1.807) is 7.11 Å². The highest BCUT2D eigenvalue weighted by Crippen LogP contribution is 2.34. The predicted molar refractivity (Wildman–Crippen MR) is 132 cm³/mol. The first-order valence-corrected chi connectivity index (χ1v) is 11.5. The van der Waals surface area contributed by atoms with Gasteiger partial charge < -0.3 is 18.9 Å². The molecule has 1 saturated heterocycles. The van der Waals surface area contributed by atoms with Crippen LogP contribution in [0.25, 0.3) is 17.1 Å². The van der Waals surface area contributed by atoms with Gasteiger partial charge in [-0.1, -0.05) is 30.4 Å². The zero-order valence-electron chi connectivity index (χ0n) is 20.2. The van der Waals surface area contributed by atoms with Gasteiger partial charge in [0.15, 0.2) is 11.5 Å². The second kappa shape index (κ2) is 9.30. The maximum absolute atomic E-state index is 12.7. The predicted octanol–water partition coefficient (Wildman–Crippen LogP) is 5.27. The smallest absolute Gasteiger partial charge is 0.223 e. The molecule has 0 saturated carbocycles. The number of likely N-dealkylation sites (tertiary alicyclic amines) is 1. The molecule has 1 aliphatic rings. The molecule has 6 heteroatoms. The van der Waals surface area contributed by atoms with Crippen LogP contribution in [0.1, 0.15) is 51.4 Å². The van der Waals surface area contributed by atoms with Crippen LogP contribution in [0, 0.1) is 0 Å². The summed E-state index contributed by atoms with van der Waals surface area (Å²) in [6.45, 7) is 10.0. The van der Waals surface area contributed by atoms with Crippen molar-refractivity contribution in [3.63, 3.8) is 0 Å². The molecule has 0 radical (unpaired) electrons. The molecule has 4 rings (SSSR count). The van der Waals surface area contributed by atoms with E-state index < -0.39 is 0 Å². The summed E-state index contributed by atoms with van der Waals surface area (Å²) in [5.74, 6) is 2.64. The summed E-state index contributed by atoms with van der Waals surface area (Å²) in [4.78, 5) is 19.6. The van der Waals surface area contributed by atoms with Gasteiger partial charge in [-0.15, -0.1) is 0 Å². The third-order valence-corrected chi connectivity index (χ3v) is 6.10. The van der Waals surface area contributed by atoms with E-state index in [1.165, 1.54) is 0 Å². The van der Waals surface area contributed by atoms with Gasteiger partial charge in [0.2, 0.25) is 5.91 Å². The Morgan fingerprint density at radius 3 is 2.64 bits per heavy atom. The summed E-state index contributed by atoms with van der Waals surface area (Å²) in [5, 5.41) is 0. The van der Waals surface area contributed by atoms with E-state index in [0.29, 0.717) is 37.6 Å². The lowest BCUT2D eigenvalue weighted by atomic mass is 10.1. The van der Waals surface area contributed by atoms with E-state index in [9.17, 15) is 4.79 Å². The Morgan fingerprint density at radius 1 is 1.15 bits per heavy atom. The Bertz CT molecular complexity index is 1170. The second-order valence-electron chi connectivity index (χ2n) is 9.45. The zero-order valence-corrected chi connectivity index (χ0v) is 20.2. The lowest BCUT2D eigenvalue weighted by Crippen LogP contribution is -2.42. The molecule has 1 amide bonds. The third kappa shape index (κ3) is 4.75. The topological polar surface area (TPSA) is 56.6 Å². The second-order valence-corrected chi connectivity index (χ2v) is 9.45. The van der Waals surface area contributed by atoms with Crippen LogP contribution in [0.5, 0.6) is 11.5 Å². The van der Waals surface area contributed by atoms with Crippen molar-refractivity contribution in [2.75, 3.05) is 20.3 Å². The Kier molecular flexibility index (Phi) is 6.45. The minimum atomic E-state index is -0.193. The number of rotatable bonds is 7. The molecule has 1 unspecified atom stereocenters. The number of imidazole rings is 1. The Labute approximate surface area is 195 Å². The van der Waals surface area contributed by atoms with E-state index in [-0.39, 0.29) is 17.4 Å². The molecule has 0 aliphatic carbocycles. The van der Waals surface area contributed by atoms with Gasteiger partial charge in [0.1, 0.15) is 12.4 Å². The molecular formula is C27H33N3O3. The van der Waals surface area contributed by atoms with Crippen molar-refractivity contribution >= 4 is 23.0 Å². The molecular weight excluding hydrogens is 414 g/mol. The number of ether oxygens (including phenoxy) is 2. The van der Waals surface area contributed by atoms with Crippen molar-refractivity contribution in [1.82, 2.24) is 14.5 Å². The van der Waals surface area contributed by atoms with E-state index in [4.69, 9.17) is 14.5 Å². The van der Waals surface area contributed by atoms with Gasteiger partial charge >= 0.3 is 0 Å². The number of aromatic nitrogens is 2. The maximum Gasteiger partial charge on any atom is 0.223 e. The minimum Gasteiger partial charge on any atom is -0.493 e. The molecule has 0 N–H and O–H groups in total. The molecule has 2 heterocycles. The van der Waals surface area contributed by atoms with E-state index in [1.807, 2.05) is 60.4 Å². The van der Waals surface area contributed by atoms with Gasteiger partial charge in [-0.05, 0) is 57.5 Å². The number of fused-ring (bicyclic) bond motifs is 1.